The molecule has 0 radical (unpaired) electrons. The second-order valence-corrected chi connectivity index (χ2v) is 7.57. The number of anilines is 1. The molecule has 1 aliphatic rings. The Balaban J connectivity index is 1.97. The van der Waals surface area contributed by atoms with Crippen LogP contribution >= 0.6 is 0 Å². The van der Waals surface area contributed by atoms with Gasteiger partial charge in [0.05, 0.1) is 5.69 Å². The van der Waals surface area contributed by atoms with E-state index in [0.29, 0.717) is 0 Å². The summed E-state index contributed by atoms with van der Waals surface area (Å²) in [6.45, 7) is 3.88. The number of hydrogen-bond donors (Lipinski definition) is 0. The summed E-state index contributed by atoms with van der Waals surface area (Å²) in [7, 11) is -2.25. The average molecular weight is 321 g/mol. The van der Waals surface area contributed by atoms with E-state index >= 15 is 0 Å². The van der Waals surface area contributed by atoms with Gasteiger partial charge >= 0.3 is 0 Å². The number of nitrogens with zero attached hydrogens (tertiary/aromatic N) is 5. The molecule has 118 valence electrons. The maximum Gasteiger partial charge on any atom is 0.284 e. The average Bonchev–Trinajstić information content (AvgIpc) is 2.94. The predicted octanol–water partition coefficient (Wildman–Crippen LogP) is 1.70. The Kier molecular flexibility index (Phi) is 3.64. The van der Waals surface area contributed by atoms with Gasteiger partial charge in [0.2, 0.25) is 0 Å². The molecule has 0 aliphatic carbocycles. The number of aryl methyl sites for hydroxylation is 2. The van der Waals surface area contributed by atoms with Crippen LogP contribution < -0.4 is 4.31 Å². The number of sulfonamides is 1. The first kappa shape index (κ1) is 15.0. The van der Waals surface area contributed by atoms with E-state index in [9.17, 15) is 8.42 Å². The minimum Gasteiger partial charge on any atom is -0.331 e. The molecule has 2 aromatic heterocycles. The Hall–Kier alpha value is -1.96. The van der Waals surface area contributed by atoms with Crippen LogP contribution in [0, 0.1) is 6.92 Å². The van der Waals surface area contributed by atoms with E-state index in [4.69, 9.17) is 0 Å². The van der Waals surface area contributed by atoms with Gasteiger partial charge in [0.1, 0.15) is 5.82 Å². The lowest BCUT2D eigenvalue weighted by molar-refractivity contribution is 0.425. The van der Waals surface area contributed by atoms with Gasteiger partial charge in [-0.3, -0.25) is 4.31 Å². The minimum absolute atomic E-state index is 0.0705. The number of imidazole rings is 1. The van der Waals surface area contributed by atoms with Crippen LogP contribution in [0.4, 0.5) is 5.82 Å². The van der Waals surface area contributed by atoms with Crippen molar-refractivity contribution in [1.82, 2.24) is 19.7 Å². The highest BCUT2D eigenvalue weighted by atomic mass is 32.2. The van der Waals surface area contributed by atoms with Gasteiger partial charge in [0.25, 0.3) is 10.0 Å². The van der Waals surface area contributed by atoms with E-state index < -0.39 is 10.0 Å². The summed E-state index contributed by atoms with van der Waals surface area (Å²) in [6, 6.07) is 3.65. The topological polar surface area (TPSA) is 81.0 Å². The van der Waals surface area contributed by atoms with Crippen molar-refractivity contribution in [3.05, 3.63) is 29.8 Å². The Labute approximate surface area is 130 Å². The molecule has 0 saturated carbocycles. The monoisotopic (exact) mass is 321 g/mol. The molecule has 22 heavy (non-hydrogen) atoms. The van der Waals surface area contributed by atoms with E-state index in [1.807, 2.05) is 4.57 Å². The Morgan fingerprint density at radius 1 is 1.32 bits per heavy atom. The van der Waals surface area contributed by atoms with Crippen molar-refractivity contribution in [2.75, 3.05) is 11.4 Å². The molecule has 1 atom stereocenters. The van der Waals surface area contributed by atoms with Gasteiger partial charge in [-0.05, 0) is 38.8 Å². The quantitative estimate of drug-likeness (QED) is 0.859. The first-order valence-corrected chi connectivity index (χ1v) is 8.70. The van der Waals surface area contributed by atoms with E-state index in [2.05, 4.69) is 22.1 Å². The Morgan fingerprint density at radius 2 is 2.09 bits per heavy atom. The summed E-state index contributed by atoms with van der Waals surface area (Å²) >= 11 is 0. The van der Waals surface area contributed by atoms with Gasteiger partial charge in [-0.2, -0.15) is 13.5 Å². The summed E-state index contributed by atoms with van der Waals surface area (Å²) in [5, 5.41) is 7.90. The van der Waals surface area contributed by atoms with Crippen molar-refractivity contribution in [2.24, 2.45) is 0 Å². The highest BCUT2D eigenvalue weighted by Gasteiger charge is 2.28. The summed E-state index contributed by atoms with van der Waals surface area (Å²) in [5.41, 5.74) is 0.737. The smallest absolute Gasteiger partial charge is 0.284 e. The molecule has 0 amide bonds. The van der Waals surface area contributed by atoms with E-state index in [0.717, 1.165) is 35.1 Å². The zero-order valence-corrected chi connectivity index (χ0v) is 13.7. The fourth-order valence-corrected chi connectivity index (χ4v) is 3.71. The van der Waals surface area contributed by atoms with Crippen LogP contribution in [0.1, 0.15) is 37.3 Å². The number of fused-ring (bicyclic) bond motifs is 1. The molecule has 0 fully saturated rings. The molecule has 0 aromatic carbocycles. The summed E-state index contributed by atoms with van der Waals surface area (Å²) in [5.74, 6) is 1.12. The molecule has 3 rings (SSSR count). The highest BCUT2D eigenvalue weighted by molar-refractivity contribution is 7.92. The number of rotatable bonds is 3. The molecular weight excluding hydrogens is 302 g/mol. The van der Waals surface area contributed by atoms with Crippen LogP contribution in [-0.2, 0) is 16.4 Å². The lowest BCUT2D eigenvalue weighted by Gasteiger charge is -2.20. The van der Waals surface area contributed by atoms with Crippen molar-refractivity contribution in [3.63, 3.8) is 0 Å². The van der Waals surface area contributed by atoms with Crippen LogP contribution in [0.15, 0.2) is 23.4 Å². The minimum atomic E-state index is -3.72. The third-order valence-electron chi connectivity index (χ3n) is 4.02. The lowest BCUT2D eigenvalue weighted by Crippen LogP contribution is -2.28. The van der Waals surface area contributed by atoms with Crippen molar-refractivity contribution in [1.29, 1.82) is 0 Å². The summed E-state index contributed by atoms with van der Waals surface area (Å²) in [6.07, 6.45) is 4.53. The van der Waals surface area contributed by atoms with E-state index in [-0.39, 0.29) is 16.9 Å². The first-order valence-electron chi connectivity index (χ1n) is 7.26. The third-order valence-corrected chi connectivity index (χ3v) is 5.65. The standard InChI is InChI=1S/C14H19N5O2S/c1-10-7-8-13(17-16-10)18(3)22(20,21)14-9-19-11(2)5-4-6-12(19)15-14/h7-9,11H,4-6H2,1-3H3/t11-/m0/s1. The molecular formula is C14H19N5O2S. The van der Waals surface area contributed by atoms with Crippen molar-refractivity contribution in [3.8, 4) is 0 Å². The third kappa shape index (κ3) is 2.47. The van der Waals surface area contributed by atoms with E-state index in [1.54, 1.807) is 25.3 Å². The summed E-state index contributed by atoms with van der Waals surface area (Å²) < 4.78 is 28.5. The lowest BCUT2D eigenvalue weighted by atomic mass is 10.1. The van der Waals surface area contributed by atoms with Gasteiger partial charge in [-0.25, -0.2) is 4.98 Å². The molecule has 3 heterocycles. The molecule has 1 aliphatic heterocycles. The predicted molar refractivity (Wildman–Crippen MR) is 82.2 cm³/mol. The molecule has 2 aromatic rings. The van der Waals surface area contributed by atoms with Crippen LogP contribution in [-0.4, -0.2) is 35.2 Å². The van der Waals surface area contributed by atoms with Crippen LogP contribution in [0.5, 0.6) is 0 Å². The fourth-order valence-electron chi connectivity index (χ4n) is 2.62. The SMILES string of the molecule is Cc1ccc(N(C)S(=O)(=O)c2cn3c(n2)CCC[C@@H]3C)nn1. The molecule has 0 spiro atoms. The normalized spacial score (nSPS) is 18.0. The molecule has 0 saturated heterocycles. The first-order chi connectivity index (χ1) is 10.4. The van der Waals surface area contributed by atoms with Gasteiger partial charge in [0.15, 0.2) is 10.8 Å². The zero-order chi connectivity index (χ0) is 15.9. The largest absolute Gasteiger partial charge is 0.331 e. The fraction of sp³-hybridized carbons (Fsp3) is 0.500. The molecule has 0 unspecified atom stereocenters. The van der Waals surface area contributed by atoms with Gasteiger partial charge in [-0.15, -0.1) is 5.10 Å². The Morgan fingerprint density at radius 3 is 2.73 bits per heavy atom. The van der Waals surface area contributed by atoms with Crippen molar-refractivity contribution < 1.29 is 8.42 Å². The van der Waals surface area contributed by atoms with Crippen molar-refractivity contribution in [2.45, 2.75) is 44.2 Å². The summed E-state index contributed by atoms with van der Waals surface area (Å²) in [4.78, 5) is 4.32. The zero-order valence-electron chi connectivity index (χ0n) is 12.9. The van der Waals surface area contributed by atoms with E-state index in [1.165, 1.54) is 7.05 Å². The molecule has 8 heteroatoms. The van der Waals surface area contributed by atoms with Gasteiger partial charge < -0.3 is 4.57 Å². The molecule has 7 nitrogen and oxygen atoms in total. The van der Waals surface area contributed by atoms with Gasteiger partial charge in [0, 0.05) is 25.7 Å². The van der Waals surface area contributed by atoms with Crippen LogP contribution in [0.3, 0.4) is 0 Å². The Bertz CT molecular complexity index is 782. The maximum absolute atomic E-state index is 12.7. The second-order valence-electron chi connectivity index (χ2n) is 5.65. The highest BCUT2D eigenvalue weighted by Crippen LogP contribution is 2.27. The second kappa shape index (κ2) is 5.35. The number of hydrogen-bond acceptors (Lipinski definition) is 5. The van der Waals surface area contributed by atoms with Crippen molar-refractivity contribution >= 4 is 15.8 Å². The molecule has 0 N–H and O–H groups in total. The van der Waals surface area contributed by atoms with Gasteiger partial charge in [-0.1, -0.05) is 0 Å². The molecule has 0 bridgehead atoms. The van der Waals surface area contributed by atoms with Crippen LogP contribution in [0.25, 0.3) is 0 Å². The number of aromatic nitrogens is 4. The van der Waals surface area contributed by atoms with Crippen LogP contribution in [0.2, 0.25) is 0 Å². The maximum atomic E-state index is 12.7.